The van der Waals surface area contributed by atoms with E-state index < -0.39 is 5.82 Å². The smallest absolute Gasteiger partial charge is 0.148 e. The molecule has 4 heteroatoms. The van der Waals surface area contributed by atoms with Gasteiger partial charge in [0.15, 0.2) is 0 Å². The quantitative estimate of drug-likeness (QED) is 0.878. The lowest BCUT2D eigenvalue weighted by Crippen LogP contribution is -1.99. The van der Waals surface area contributed by atoms with Crippen LogP contribution in [0.25, 0.3) is 0 Å². The first-order chi connectivity index (χ1) is 10.1. The van der Waals surface area contributed by atoms with Crippen molar-refractivity contribution in [2.45, 2.75) is 13.5 Å². The minimum absolute atomic E-state index is 0.0969. The molecule has 2 aromatic rings. The minimum Gasteiger partial charge on any atom is -0.489 e. The first kappa shape index (κ1) is 15.4. The molecule has 2 aromatic carbocycles. The van der Waals surface area contributed by atoms with E-state index in [0.717, 1.165) is 11.1 Å². The largest absolute Gasteiger partial charge is 0.489 e. The third-order valence-corrected chi connectivity index (χ3v) is 3.24. The molecule has 21 heavy (non-hydrogen) atoms. The predicted octanol–water partition coefficient (Wildman–Crippen LogP) is 3.68. The number of aryl methyl sites for hydroxylation is 1. The van der Waals surface area contributed by atoms with Crippen LogP contribution >= 0.6 is 11.6 Å². The minimum atomic E-state index is -0.443. The van der Waals surface area contributed by atoms with Crippen molar-refractivity contribution in [3.05, 3.63) is 63.9 Å². The highest BCUT2D eigenvalue weighted by atomic mass is 35.5. The van der Waals surface area contributed by atoms with Crippen molar-refractivity contribution in [3.63, 3.8) is 0 Å². The molecule has 0 heterocycles. The average Bonchev–Trinajstić information content (AvgIpc) is 2.48. The second kappa shape index (κ2) is 7.12. The van der Waals surface area contributed by atoms with Gasteiger partial charge in [0, 0.05) is 11.1 Å². The summed E-state index contributed by atoms with van der Waals surface area (Å²) in [6.45, 7) is 2.39. The Morgan fingerprint density at radius 1 is 1.29 bits per heavy atom. The van der Waals surface area contributed by atoms with E-state index in [0.29, 0.717) is 17.9 Å². The Morgan fingerprint density at radius 2 is 2.10 bits per heavy atom. The lowest BCUT2D eigenvalue weighted by atomic mass is 10.1. The zero-order valence-electron chi connectivity index (χ0n) is 11.6. The second-order valence-electron chi connectivity index (χ2n) is 4.48. The molecule has 2 rings (SSSR count). The van der Waals surface area contributed by atoms with E-state index in [4.69, 9.17) is 22.1 Å². The summed E-state index contributed by atoms with van der Waals surface area (Å²) in [4.78, 5) is 0. The number of hydrogen-bond donors (Lipinski definition) is 1. The zero-order chi connectivity index (χ0) is 15.2. The number of rotatable bonds is 3. The molecule has 0 radical (unpaired) electrons. The lowest BCUT2D eigenvalue weighted by Gasteiger charge is -2.09. The molecule has 0 bridgehead atoms. The summed E-state index contributed by atoms with van der Waals surface area (Å²) in [5.41, 5.74) is 7.66. The van der Waals surface area contributed by atoms with Gasteiger partial charge in [-0.2, -0.15) is 0 Å². The van der Waals surface area contributed by atoms with Crippen LogP contribution in [0.5, 0.6) is 5.75 Å². The fraction of sp³-hybridized carbons (Fsp3) is 0.176. The van der Waals surface area contributed by atoms with Gasteiger partial charge in [0.2, 0.25) is 0 Å². The third kappa shape index (κ3) is 3.98. The molecular formula is C17H15ClFNO. The number of benzene rings is 2. The van der Waals surface area contributed by atoms with E-state index in [-0.39, 0.29) is 11.6 Å². The van der Waals surface area contributed by atoms with Crippen molar-refractivity contribution in [1.29, 1.82) is 0 Å². The van der Waals surface area contributed by atoms with Crippen LogP contribution in [-0.2, 0) is 6.61 Å². The Labute approximate surface area is 128 Å². The summed E-state index contributed by atoms with van der Waals surface area (Å²) in [6, 6.07) is 10.4. The van der Waals surface area contributed by atoms with Crippen LogP contribution in [0.3, 0.4) is 0 Å². The van der Waals surface area contributed by atoms with Gasteiger partial charge in [-0.05, 0) is 36.8 Å². The van der Waals surface area contributed by atoms with Gasteiger partial charge < -0.3 is 10.5 Å². The molecule has 2 nitrogen and oxygen atoms in total. The van der Waals surface area contributed by atoms with Crippen molar-refractivity contribution in [3.8, 4) is 17.6 Å². The molecule has 0 unspecified atom stereocenters. The highest BCUT2D eigenvalue weighted by molar-refractivity contribution is 6.30. The molecule has 108 valence electrons. The molecule has 0 aliphatic carbocycles. The maximum atomic E-state index is 13.7. The molecule has 0 spiro atoms. The Bertz CT molecular complexity index is 704. The molecule has 0 amide bonds. The fourth-order valence-electron chi connectivity index (χ4n) is 1.83. The van der Waals surface area contributed by atoms with Crippen LogP contribution in [0.15, 0.2) is 36.4 Å². The molecule has 0 aliphatic rings. The normalized spacial score (nSPS) is 9.90. The van der Waals surface area contributed by atoms with Crippen LogP contribution in [-0.4, -0.2) is 6.54 Å². The van der Waals surface area contributed by atoms with E-state index in [1.54, 1.807) is 18.2 Å². The molecular weight excluding hydrogens is 289 g/mol. The van der Waals surface area contributed by atoms with Crippen molar-refractivity contribution in [2.75, 3.05) is 6.54 Å². The van der Waals surface area contributed by atoms with Gasteiger partial charge in [-0.25, -0.2) is 4.39 Å². The summed E-state index contributed by atoms with van der Waals surface area (Å²) in [5, 5.41) is 0.0969. The summed E-state index contributed by atoms with van der Waals surface area (Å²) in [7, 11) is 0. The average molecular weight is 304 g/mol. The Kier molecular flexibility index (Phi) is 5.21. The van der Waals surface area contributed by atoms with Crippen LogP contribution in [0.2, 0.25) is 5.02 Å². The molecule has 0 aromatic heterocycles. The Balaban J connectivity index is 2.10. The van der Waals surface area contributed by atoms with Crippen molar-refractivity contribution < 1.29 is 9.13 Å². The van der Waals surface area contributed by atoms with E-state index in [1.165, 1.54) is 6.07 Å². The summed E-state index contributed by atoms with van der Waals surface area (Å²) < 4.78 is 19.3. The maximum absolute atomic E-state index is 13.7. The van der Waals surface area contributed by atoms with E-state index >= 15 is 0 Å². The lowest BCUT2D eigenvalue weighted by molar-refractivity contribution is 0.299. The van der Waals surface area contributed by atoms with Crippen LogP contribution in [0, 0.1) is 24.6 Å². The van der Waals surface area contributed by atoms with E-state index in [9.17, 15) is 4.39 Å². The zero-order valence-corrected chi connectivity index (χ0v) is 12.4. The van der Waals surface area contributed by atoms with Gasteiger partial charge in [-0.3, -0.25) is 0 Å². The molecule has 0 atom stereocenters. The number of halogens is 2. The van der Waals surface area contributed by atoms with Crippen LogP contribution in [0.1, 0.15) is 16.7 Å². The van der Waals surface area contributed by atoms with E-state index in [2.05, 4.69) is 11.8 Å². The standard InChI is InChI=1S/C17H15ClFNO/c1-12-10-15(8-7-13(12)5-3-9-20)21-11-14-4-2-6-16(18)17(14)19/h2,4,6-8,10H,9,11,20H2,1H3. The fourth-order valence-corrected chi connectivity index (χ4v) is 2.03. The summed E-state index contributed by atoms with van der Waals surface area (Å²) in [6.07, 6.45) is 0. The van der Waals surface area contributed by atoms with Gasteiger partial charge in [0.05, 0.1) is 11.6 Å². The predicted molar refractivity (Wildman–Crippen MR) is 82.9 cm³/mol. The van der Waals surface area contributed by atoms with Gasteiger partial charge in [-0.1, -0.05) is 35.6 Å². The van der Waals surface area contributed by atoms with Crippen molar-refractivity contribution in [2.24, 2.45) is 5.73 Å². The molecule has 0 saturated heterocycles. The Morgan fingerprint density at radius 3 is 2.81 bits per heavy atom. The van der Waals surface area contributed by atoms with Crippen LogP contribution < -0.4 is 10.5 Å². The topological polar surface area (TPSA) is 35.2 Å². The van der Waals surface area contributed by atoms with Gasteiger partial charge >= 0.3 is 0 Å². The van der Waals surface area contributed by atoms with E-state index in [1.807, 2.05) is 19.1 Å². The highest BCUT2D eigenvalue weighted by Gasteiger charge is 2.07. The first-order valence-electron chi connectivity index (χ1n) is 6.47. The number of hydrogen-bond acceptors (Lipinski definition) is 2. The van der Waals surface area contributed by atoms with Crippen LogP contribution in [0.4, 0.5) is 4.39 Å². The summed E-state index contributed by atoms with van der Waals surface area (Å²) >= 11 is 5.73. The molecule has 0 aliphatic heterocycles. The number of nitrogens with two attached hydrogens (primary N) is 1. The maximum Gasteiger partial charge on any atom is 0.148 e. The van der Waals surface area contributed by atoms with Gasteiger partial charge in [-0.15, -0.1) is 0 Å². The highest BCUT2D eigenvalue weighted by Crippen LogP contribution is 2.21. The first-order valence-corrected chi connectivity index (χ1v) is 6.85. The Hall–Kier alpha value is -2.02. The van der Waals surface area contributed by atoms with Crippen molar-refractivity contribution >= 4 is 11.6 Å². The summed E-state index contributed by atoms with van der Waals surface area (Å²) in [5.74, 6) is 6.01. The van der Waals surface area contributed by atoms with Crippen molar-refractivity contribution in [1.82, 2.24) is 0 Å². The SMILES string of the molecule is Cc1cc(OCc2cccc(Cl)c2F)ccc1C#CCN. The third-order valence-electron chi connectivity index (χ3n) is 2.95. The monoisotopic (exact) mass is 303 g/mol. The van der Waals surface area contributed by atoms with Gasteiger partial charge in [0.25, 0.3) is 0 Å². The molecule has 0 saturated carbocycles. The second-order valence-corrected chi connectivity index (χ2v) is 4.89. The number of ether oxygens (including phenoxy) is 1. The molecule has 0 fully saturated rings. The van der Waals surface area contributed by atoms with Gasteiger partial charge in [0.1, 0.15) is 18.2 Å². The molecule has 2 N–H and O–H groups in total.